The second-order valence-corrected chi connectivity index (χ2v) is 5.04. The summed E-state index contributed by atoms with van der Waals surface area (Å²) in [6, 6.07) is 5.31. The first kappa shape index (κ1) is 13.9. The fourth-order valence-electron chi connectivity index (χ4n) is 2.32. The van der Waals surface area contributed by atoms with Crippen LogP contribution in [0.2, 0.25) is 0 Å². The van der Waals surface area contributed by atoms with E-state index in [4.69, 9.17) is 9.47 Å². The molecular weight excluding hydrogens is 242 g/mol. The molecule has 1 aliphatic rings. The van der Waals surface area contributed by atoms with Crippen LogP contribution in [-0.4, -0.2) is 31.6 Å². The molecular formula is C15H21NO3. The number of carbonyl (C=O) groups is 1. The topological polar surface area (TPSA) is 47.6 Å². The molecule has 1 aromatic rings. The number of benzene rings is 1. The van der Waals surface area contributed by atoms with Crippen LogP contribution in [0.4, 0.5) is 0 Å². The normalized spacial score (nSPS) is 18.6. The summed E-state index contributed by atoms with van der Waals surface area (Å²) in [4.78, 5) is 12.5. The van der Waals surface area contributed by atoms with Crippen molar-refractivity contribution in [2.45, 2.75) is 38.8 Å². The first-order chi connectivity index (χ1) is 9.11. The standard InChI is InChI=1S/C15H21NO3/c1-10(2)19-11-6-7-14(18-3)12(9-11)15(17)13-5-4-8-16-13/h6-7,9-10,13,16H,4-5,8H2,1-3H3. The number of nitrogens with one attached hydrogen (secondary N) is 1. The van der Waals surface area contributed by atoms with Crippen molar-refractivity contribution in [2.24, 2.45) is 0 Å². The Kier molecular flexibility index (Phi) is 4.43. The van der Waals surface area contributed by atoms with E-state index in [9.17, 15) is 4.79 Å². The minimum absolute atomic E-state index is 0.0842. The molecule has 0 amide bonds. The van der Waals surface area contributed by atoms with Gasteiger partial charge in [0, 0.05) is 0 Å². The Morgan fingerprint density at radius 1 is 1.42 bits per heavy atom. The van der Waals surface area contributed by atoms with E-state index in [1.54, 1.807) is 19.2 Å². The van der Waals surface area contributed by atoms with Crippen LogP contribution >= 0.6 is 0 Å². The Morgan fingerprint density at radius 3 is 2.79 bits per heavy atom. The number of ketones is 1. The minimum atomic E-state index is -0.0943. The van der Waals surface area contributed by atoms with Gasteiger partial charge in [-0.1, -0.05) is 0 Å². The van der Waals surface area contributed by atoms with Crippen molar-refractivity contribution in [1.82, 2.24) is 5.32 Å². The van der Waals surface area contributed by atoms with Crippen molar-refractivity contribution in [3.05, 3.63) is 23.8 Å². The van der Waals surface area contributed by atoms with E-state index >= 15 is 0 Å². The van der Waals surface area contributed by atoms with Crippen LogP contribution in [0.1, 0.15) is 37.0 Å². The lowest BCUT2D eigenvalue weighted by atomic mass is 10.0. The van der Waals surface area contributed by atoms with Crippen LogP contribution in [0.5, 0.6) is 11.5 Å². The van der Waals surface area contributed by atoms with Gasteiger partial charge in [-0.15, -0.1) is 0 Å². The average molecular weight is 263 g/mol. The summed E-state index contributed by atoms with van der Waals surface area (Å²) in [5, 5.41) is 3.22. The summed E-state index contributed by atoms with van der Waals surface area (Å²) < 4.78 is 10.9. The second kappa shape index (κ2) is 6.06. The molecule has 0 bridgehead atoms. The van der Waals surface area contributed by atoms with Gasteiger partial charge in [-0.25, -0.2) is 0 Å². The molecule has 0 saturated carbocycles. The Labute approximate surface area is 114 Å². The smallest absolute Gasteiger partial charge is 0.183 e. The Hall–Kier alpha value is -1.55. The van der Waals surface area contributed by atoms with Crippen LogP contribution in [-0.2, 0) is 0 Å². The van der Waals surface area contributed by atoms with E-state index in [-0.39, 0.29) is 17.9 Å². The van der Waals surface area contributed by atoms with E-state index in [1.165, 1.54) is 0 Å². The molecule has 1 fully saturated rings. The predicted octanol–water partition coefficient (Wildman–Crippen LogP) is 2.42. The van der Waals surface area contributed by atoms with E-state index in [2.05, 4.69) is 5.32 Å². The Bertz CT molecular complexity index is 451. The fraction of sp³-hybridized carbons (Fsp3) is 0.533. The predicted molar refractivity (Wildman–Crippen MR) is 74.1 cm³/mol. The van der Waals surface area contributed by atoms with Gasteiger partial charge in [0.25, 0.3) is 0 Å². The minimum Gasteiger partial charge on any atom is -0.496 e. The van der Waals surface area contributed by atoms with Gasteiger partial charge in [0.05, 0.1) is 24.8 Å². The molecule has 104 valence electrons. The molecule has 1 atom stereocenters. The summed E-state index contributed by atoms with van der Waals surface area (Å²) in [5.74, 6) is 1.40. The van der Waals surface area contributed by atoms with Gasteiger partial charge in [-0.05, 0) is 51.4 Å². The third-order valence-electron chi connectivity index (χ3n) is 3.18. The maximum atomic E-state index is 12.5. The maximum absolute atomic E-state index is 12.5. The molecule has 4 nitrogen and oxygen atoms in total. The number of rotatable bonds is 5. The summed E-state index contributed by atoms with van der Waals surface area (Å²) >= 11 is 0. The van der Waals surface area contributed by atoms with Gasteiger partial charge in [0.1, 0.15) is 11.5 Å². The molecule has 19 heavy (non-hydrogen) atoms. The zero-order valence-electron chi connectivity index (χ0n) is 11.7. The first-order valence-corrected chi connectivity index (χ1v) is 6.74. The molecule has 0 spiro atoms. The van der Waals surface area contributed by atoms with Gasteiger partial charge in [-0.3, -0.25) is 4.79 Å². The van der Waals surface area contributed by atoms with E-state index in [0.717, 1.165) is 19.4 Å². The highest BCUT2D eigenvalue weighted by atomic mass is 16.5. The van der Waals surface area contributed by atoms with Crippen LogP contribution < -0.4 is 14.8 Å². The quantitative estimate of drug-likeness (QED) is 0.829. The third kappa shape index (κ3) is 3.26. The maximum Gasteiger partial charge on any atom is 0.183 e. The van der Waals surface area contributed by atoms with Crippen LogP contribution in [0.15, 0.2) is 18.2 Å². The van der Waals surface area contributed by atoms with Crippen molar-refractivity contribution in [2.75, 3.05) is 13.7 Å². The van der Waals surface area contributed by atoms with Gasteiger partial charge in [-0.2, -0.15) is 0 Å². The van der Waals surface area contributed by atoms with Crippen molar-refractivity contribution in [1.29, 1.82) is 0 Å². The van der Waals surface area contributed by atoms with Gasteiger partial charge in [0.2, 0.25) is 0 Å². The molecule has 1 N–H and O–H groups in total. The largest absolute Gasteiger partial charge is 0.496 e. The summed E-state index contributed by atoms with van der Waals surface area (Å²) in [5.41, 5.74) is 0.597. The monoisotopic (exact) mass is 263 g/mol. The van der Waals surface area contributed by atoms with Crippen molar-refractivity contribution >= 4 is 5.78 Å². The number of ether oxygens (including phenoxy) is 2. The number of hydrogen-bond donors (Lipinski definition) is 1. The lowest BCUT2D eigenvalue weighted by Gasteiger charge is -2.15. The van der Waals surface area contributed by atoms with E-state index < -0.39 is 0 Å². The van der Waals surface area contributed by atoms with Gasteiger partial charge in [0.15, 0.2) is 5.78 Å². The lowest BCUT2D eigenvalue weighted by molar-refractivity contribution is 0.0948. The molecule has 0 aliphatic carbocycles. The summed E-state index contributed by atoms with van der Waals surface area (Å²) in [7, 11) is 1.58. The van der Waals surface area contributed by atoms with Crippen molar-refractivity contribution < 1.29 is 14.3 Å². The summed E-state index contributed by atoms with van der Waals surface area (Å²) in [6.45, 7) is 4.83. The summed E-state index contributed by atoms with van der Waals surface area (Å²) in [6.07, 6.45) is 2.01. The van der Waals surface area contributed by atoms with Crippen molar-refractivity contribution in [3.8, 4) is 11.5 Å². The molecule has 2 rings (SSSR count). The SMILES string of the molecule is COc1ccc(OC(C)C)cc1C(=O)C1CCCN1. The second-order valence-electron chi connectivity index (χ2n) is 5.04. The highest BCUT2D eigenvalue weighted by molar-refractivity contribution is 6.02. The average Bonchev–Trinajstić information content (AvgIpc) is 2.91. The molecule has 1 heterocycles. The van der Waals surface area contributed by atoms with Crippen LogP contribution in [0.25, 0.3) is 0 Å². The number of Topliss-reactive ketones (excluding diaryl/α,β-unsaturated/α-hetero) is 1. The molecule has 4 heteroatoms. The molecule has 1 aliphatic heterocycles. The lowest BCUT2D eigenvalue weighted by Crippen LogP contribution is -2.31. The highest BCUT2D eigenvalue weighted by Gasteiger charge is 2.26. The number of methoxy groups -OCH3 is 1. The molecule has 0 radical (unpaired) electrons. The molecule has 1 unspecified atom stereocenters. The molecule has 1 aromatic carbocycles. The zero-order valence-corrected chi connectivity index (χ0v) is 11.7. The molecule has 0 aromatic heterocycles. The van der Waals surface area contributed by atoms with Crippen molar-refractivity contribution in [3.63, 3.8) is 0 Å². The van der Waals surface area contributed by atoms with E-state index in [1.807, 2.05) is 19.9 Å². The first-order valence-electron chi connectivity index (χ1n) is 6.74. The fourth-order valence-corrected chi connectivity index (χ4v) is 2.32. The van der Waals surface area contributed by atoms with Crippen LogP contribution in [0, 0.1) is 0 Å². The Morgan fingerprint density at radius 2 is 2.21 bits per heavy atom. The van der Waals surface area contributed by atoms with Gasteiger partial charge >= 0.3 is 0 Å². The highest BCUT2D eigenvalue weighted by Crippen LogP contribution is 2.27. The van der Waals surface area contributed by atoms with Gasteiger partial charge < -0.3 is 14.8 Å². The number of hydrogen-bond acceptors (Lipinski definition) is 4. The molecule has 1 saturated heterocycles. The zero-order chi connectivity index (χ0) is 13.8. The third-order valence-corrected chi connectivity index (χ3v) is 3.18. The van der Waals surface area contributed by atoms with Crippen LogP contribution in [0.3, 0.4) is 0 Å². The van der Waals surface area contributed by atoms with E-state index in [0.29, 0.717) is 17.1 Å². The number of carbonyl (C=O) groups excluding carboxylic acids is 1. The Balaban J connectivity index is 2.27.